The maximum absolute atomic E-state index is 12.5. The number of likely N-dealkylation sites (N-methyl/N-ethyl adjacent to an activating group) is 1. The predicted octanol–water partition coefficient (Wildman–Crippen LogP) is 3.14. The van der Waals surface area contributed by atoms with E-state index in [4.69, 9.17) is 0 Å². The molecule has 1 amide bonds. The standard InChI is InChI=1S/C16H23F2NO3/c1-6-19(9-16(4,5)21)14(20)12-7-10(2)13(11(3)8-12)22-15(17)18/h7-8,15,21H,6,9H2,1-5H3. The van der Waals surface area contributed by atoms with Gasteiger partial charge in [-0.25, -0.2) is 0 Å². The van der Waals surface area contributed by atoms with Crippen LogP contribution >= 0.6 is 0 Å². The van der Waals surface area contributed by atoms with Crippen LogP contribution in [0.1, 0.15) is 42.3 Å². The molecule has 0 atom stereocenters. The molecule has 0 aliphatic rings. The van der Waals surface area contributed by atoms with E-state index in [-0.39, 0.29) is 18.2 Å². The number of nitrogens with zero attached hydrogens (tertiary/aromatic N) is 1. The largest absolute Gasteiger partial charge is 0.434 e. The summed E-state index contributed by atoms with van der Waals surface area (Å²) in [5, 5.41) is 9.87. The topological polar surface area (TPSA) is 49.8 Å². The van der Waals surface area contributed by atoms with Crippen molar-refractivity contribution in [2.24, 2.45) is 0 Å². The van der Waals surface area contributed by atoms with Crippen LogP contribution in [0.5, 0.6) is 5.75 Å². The Balaban J connectivity index is 3.08. The maximum atomic E-state index is 12.5. The van der Waals surface area contributed by atoms with Crippen molar-refractivity contribution in [2.75, 3.05) is 13.1 Å². The van der Waals surface area contributed by atoms with Crippen molar-refractivity contribution in [1.82, 2.24) is 4.90 Å². The Morgan fingerprint density at radius 2 is 1.82 bits per heavy atom. The lowest BCUT2D eigenvalue weighted by Gasteiger charge is -2.28. The van der Waals surface area contributed by atoms with Gasteiger partial charge in [0.25, 0.3) is 5.91 Å². The fourth-order valence-corrected chi connectivity index (χ4v) is 2.33. The summed E-state index contributed by atoms with van der Waals surface area (Å²) in [5.41, 5.74) is 0.336. The molecule has 124 valence electrons. The van der Waals surface area contributed by atoms with Crippen molar-refractivity contribution in [2.45, 2.75) is 46.8 Å². The molecule has 1 N–H and O–H groups in total. The first-order valence-corrected chi connectivity index (χ1v) is 7.13. The van der Waals surface area contributed by atoms with Gasteiger partial charge in [0.2, 0.25) is 0 Å². The van der Waals surface area contributed by atoms with Gasteiger partial charge in [0.1, 0.15) is 5.75 Å². The number of amides is 1. The quantitative estimate of drug-likeness (QED) is 0.877. The molecule has 0 fully saturated rings. The Kier molecular flexibility index (Phi) is 5.88. The molecule has 0 bridgehead atoms. The van der Waals surface area contributed by atoms with E-state index >= 15 is 0 Å². The maximum Gasteiger partial charge on any atom is 0.387 e. The van der Waals surface area contributed by atoms with Gasteiger partial charge in [-0.3, -0.25) is 4.79 Å². The van der Waals surface area contributed by atoms with E-state index in [1.807, 2.05) is 6.92 Å². The fourth-order valence-electron chi connectivity index (χ4n) is 2.33. The van der Waals surface area contributed by atoms with Crippen molar-refractivity contribution in [3.63, 3.8) is 0 Å². The van der Waals surface area contributed by atoms with Crippen LogP contribution < -0.4 is 4.74 Å². The highest BCUT2D eigenvalue weighted by molar-refractivity contribution is 5.95. The SMILES string of the molecule is CCN(CC(C)(C)O)C(=O)c1cc(C)c(OC(F)F)c(C)c1. The van der Waals surface area contributed by atoms with Crippen LogP contribution in [0, 0.1) is 13.8 Å². The predicted molar refractivity (Wildman–Crippen MR) is 80.4 cm³/mol. The number of aliphatic hydroxyl groups is 1. The Hall–Kier alpha value is -1.69. The summed E-state index contributed by atoms with van der Waals surface area (Å²) in [4.78, 5) is 14.0. The van der Waals surface area contributed by atoms with Crippen molar-refractivity contribution < 1.29 is 23.4 Å². The molecule has 0 heterocycles. The third-order valence-corrected chi connectivity index (χ3v) is 3.16. The fraction of sp³-hybridized carbons (Fsp3) is 0.562. The molecule has 0 aliphatic carbocycles. The molecular weight excluding hydrogens is 292 g/mol. The third-order valence-electron chi connectivity index (χ3n) is 3.16. The highest BCUT2D eigenvalue weighted by Crippen LogP contribution is 2.27. The first-order chi connectivity index (χ1) is 10.0. The van der Waals surface area contributed by atoms with Gasteiger partial charge in [-0.1, -0.05) is 0 Å². The van der Waals surface area contributed by atoms with Crippen LogP contribution in [0.4, 0.5) is 8.78 Å². The molecule has 0 radical (unpaired) electrons. The number of rotatable bonds is 6. The second-order valence-electron chi connectivity index (χ2n) is 5.95. The number of alkyl halides is 2. The number of halogens is 2. The molecule has 6 heteroatoms. The summed E-state index contributed by atoms with van der Waals surface area (Å²) in [6.07, 6.45) is 0. The Morgan fingerprint density at radius 3 is 2.18 bits per heavy atom. The summed E-state index contributed by atoms with van der Waals surface area (Å²) >= 11 is 0. The first kappa shape index (κ1) is 18.4. The molecular formula is C16H23F2NO3. The molecule has 0 aliphatic heterocycles. The van der Waals surface area contributed by atoms with E-state index in [2.05, 4.69) is 4.74 Å². The zero-order valence-corrected chi connectivity index (χ0v) is 13.6. The van der Waals surface area contributed by atoms with Crippen LogP contribution in [0.15, 0.2) is 12.1 Å². The number of carbonyl (C=O) groups is 1. The average Bonchev–Trinajstić information content (AvgIpc) is 2.37. The Morgan fingerprint density at radius 1 is 1.32 bits per heavy atom. The van der Waals surface area contributed by atoms with Crippen molar-refractivity contribution >= 4 is 5.91 Å². The summed E-state index contributed by atoms with van der Waals surface area (Å²) in [7, 11) is 0. The summed E-state index contributed by atoms with van der Waals surface area (Å²) < 4.78 is 29.2. The number of carbonyl (C=O) groups excluding carboxylic acids is 1. The van der Waals surface area contributed by atoms with E-state index in [9.17, 15) is 18.7 Å². The van der Waals surface area contributed by atoms with Gasteiger partial charge in [0.15, 0.2) is 0 Å². The zero-order chi connectivity index (χ0) is 17.1. The van der Waals surface area contributed by atoms with Gasteiger partial charge >= 0.3 is 6.61 Å². The van der Waals surface area contributed by atoms with Gasteiger partial charge in [-0.2, -0.15) is 8.78 Å². The van der Waals surface area contributed by atoms with Gasteiger partial charge in [-0.15, -0.1) is 0 Å². The third kappa shape index (κ3) is 4.94. The minimum absolute atomic E-state index is 0.0945. The molecule has 1 rings (SSSR count). The number of hydrogen-bond acceptors (Lipinski definition) is 3. The minimum Gasteiger partial charge on any atom is -0.434 e. The van der Waals surface area contributed by atoms with Crippen LogP contribution in [-0.2, 0) is 0 Å². The zero-order valence-electron chi connectivity index (χ0n) is 13.6. The van der Waals surface area contributed by atoms with Crippen LogP contribution in [0.2, 0.25) is 0 Å². The second-order valence-corrected chi connectivity index (χ2v) is 5.95. The second kappa shape index (κ2) is 7.05. The molecule has 0 saturated carbocycles. The first-order valence-electron chi connectivity index (χ1n) is 7.13. The van der Waals surface area contributed by atoms with Crippen molar-refractivity contribution in [3.8, 4) is 5.75 Å². The molecule has 1 aromatic rings. The monoisotopic (exact) mass is 315 g/mol. The molecule has 4 nitrogen and oxygen atoms in total. The number of hydrogen-bond donors (Lipinski definition) is 1. The Labute approximate surface area is 129 Å². The van der Waals surface area contributed by atoms with Gasteiger partial charge in [0, 0.05) is 18.7 Å². The van der Waals surface area contributed by atoms with E-state index in [0.717, 1.165) is 0 Å². The molecule has 1 aromatic carbocycles. The van der Waals surface area contributed by atoms with Crippen molar-refractivity contribution in [1.29, 1.82) is 0 Å². The molecule has 0 saturated heterocycles. The number of aryl methyl sites for hydroxylation is 2. The van der Waals surface area contributed by atoms with Crippen LogP contribution in [0.3, 0.4) is 0 Å². The highest BCUT2D eigenvalue weighted by atomic mass is 19.3. The van der Waals surface area contributed by atoms with Gasteiger partial charge in [-0.05, 0) is 57.9 Å². The Bertz CT molecular complexity index is 516. The summed E-state index contributed by atoms with van der Waals surface area (Å²) in [6.45, 7) is 6.03. The summed E-state index contributed by atoms with van der Waals surface area (Å²) in [5.74, 6) is -0.156. The smallest absolute Gasteiger partial charge is 0.387 e. The van der Waals surface area contributed by atoms with Crippen molar-refractivity contribution in [3.05, 3.63) is 28.8 Å². The lowest BCUT2D eigenvalue weighted by atomic mass is 10.0. The normalized spacial score (nSPS) is 11.7. The lowest BCUT2D eigenvalue weighted by Crippen LogP contribution is -2.42. The number of ether oxygens (including phenoxy) is 1. The summed E-state index contributed by atoms with van der Waals surface area (Å²) in [6, 6.07) is 3.06. The molecule has 22 heavy (non-hydrogen) atoms. The molecule has 0 spiro atoms. The molecule has 0 unspecified atom stereocenters. The van der Waals surface area contributed by atoms with E-state index < -0.39 is 12.2 Å². The highest BCUT2D eigenvalue weighted by Gasteiger charge is 2.23. The van der Waals surface area contributed by atoms with E-state index in [1.54, 1.807) is 27.7 Å². The number of benzene rings is 1. The van der Waals surface area contributed by atoms with Gasteiger partial charge in [0.05, 0.1) is 5.60 Å². The average molecular weight is 315 g/mol. The van der Waals surface area contributed by atoms with Crippen LogP contribution in [-0.4, -0.2) is 41.2 Å². The lowest BCUT2D eigenvalue weighted by molar-refractivity contribution is -0.0507. The van der Waals surface area contributed by atoms with E-state index in [1.165, 1.54) is 17.0 Å². The van der Waals surface area contributed by atoms with E-state index in [0.29, 0.717) is 23.2 Å². The van der Waals surface area contributed by atoms with Gasteiger partial charge < -0.3 is 14.7 Å². The minimum atomic E-state index is -2.90. The molecule has 0 aromatic heterocycles. The van der Waals surface area contributed by atoms with Crippen LogP contribution in [0.25, 0.3) is 0 Å².